The van der Waals surface area contributed by atoms with Gasteiger partial charge in [-0.25, -0.2) is 0 Å². The van der Waals surface area contributed by atoms with E-state index in [0.717, 1.165) is 0 Å². The van der Waals surface area contributed by atoms with Crippen molar-refractivity contribution in [1.29, 1.82) is 0 Å². The molecule has 0 aliphatic heterocycles. The molecule has 0 saturated heterocycles. The Bertz CT molecular complexity index is 55.2. The topological polar surface area (TPSA) is 0 Å². The largest absolute Gasteiger partial charge is 0.259 e. The van der Waals surface area contributed by atoms with Crippen molar-refractivity contribution in [2.45, 2.75) is 23.8 Å². The number of hydrogen-bond acceptors (Lipinski definition) is 0. The van der Waals surface area contributed by atoms with Crippen molar-refractivity contribution < 1.29 is 0 Å². The maximum Gasteiger partial charge on any atom is 0.259 e. The summed E-state index contributed by atoms with van der Waals surface area (Å²) in [5.41, 5.74) is 0. The highest BCUT2D eigenvalue weighted by molar-refractivity contribution is 6.56. The fourth-order valence-electron chi connectivity index (χ4n) is 0.408. The Hall–Kier alpha value is 0.272. The van der Waals surface area contributed by atoms with Crippen molar-refractivity contribution in [3.8, 4) is 0 Å². The summed E-state index contributed by atoms with van der Waals surface area (Å²) >= 11 is -0.275. The van der Waals surface area contributed by atoms with Gasteiger partial charge in [0.2, 0.25) is 0 Å². The van der Waals surface area contributed by atoms with Crippen molar-refractivity contribution in [2.24, 2.45) is 0 Å². The van der Waals surface area contributed by atoms with Crippen molar-refractivity contribution in [3.05, 3.63) is 12.2 Å². The maximum absolute atomic E-state index is 2.36. The van der Waals surface area contributed by atoms with Gasteiger partial charge in [-0.3, -0.25) is 0 Å². The number of hydrogen-bond donors (Lipinski definition) is 0. The lowest BCUT2D eigenvalue weighted by Gasteiger charge is -1.85. The van der Waals surface area contributed by atoms with Gasteiger partial charge in [-0.15, -0.1) is 17.6 Å². The second-order valence-electron chi connectivity index (χ2n) is 2.20. The van der Waals surface area contributed by atoms with Crippen molar-refractivity contribution in [3.63, 3.8) is 0 Å². The molecule has 0 heterocycles. The van der Waals surface area contributed by atoms with Crippen LogP contribution >= 0.6 is 0 Å². The molecule has 0 aromatic rings. The van der Waals surface area contributed by atoms with Gasteiger partial charge in [0, 0.05) is 0 Å². The number of rotatable bonds is 2. The van der Waals surface area contributed by atoms with Gasteiger partial charge in [-0.05, 0) is 6.92 Å². The van der Waals surface area contributed by atoms with Crippen LogP contribution in [-0.4, -0.2) is 14.1 Å². The average molecular weight is 112 g/mol. The predicted molar refractivity (Wildman–Crippen MR) is 37.1 cm³/mol. The zero-order valence-electron chi connectivity index (χ0n) is 5.44. The minimum Gasteiger partial charge on any atom is -0.106 e. The zero-order valence-corrected chi connectivity index (χ0v) is 6.59. The molecule has 0 rings (SSSR count). The molecule has 0 aromatic heterocycles. The summed E-state index contributed by atoms with van der Waals surface area (Å²) in [4.78, 5) is 0. The molecule has 0 radical (unpaired) electrons. The summed E-state index contributed by atoms with van der Waals surface area (Å²) in [6.45, 7) is 2.08. The van der Waals surface area contributed by atoms with E-state index in [4.69, 9.17) is 0 Å². The van der Waals surface area contributed by atoms with E-state index in [1.807, 2.05) is 0 Å². The van der Waals surface area contributed by atoms with Crippen LogP contribution < -0.4 is 0 Å². The van der Waals surface area contributed by atoms with Crippen LogP contribution in [0.2, 0.25) is 16.9 Å². The number of allylic oxidation sites excluding steroid dienone is 2. The SMILES string of the molecule is CC=C[CH2][Al]([CH3])[CH3]. The molecule has 0 amide bonds. The van der Waals surface area contributed by atoms with E-state index >= 15 is 0 Å². The Morgan fingerprint density at radius 3 is 2.14 bits per heavy atom. The van der Waals surface area contributed by atoms with E-state index in [2.05, 4.69) is 30.6 Å². The monoisotopic (exact) mass is 112 g/mol. The van der Waals surface area contributed by atoms with E-state index in [-0.39, 0.29) is 14.1 Å². The Kier molecular flexibility index (Phi) is 4.60. The molecule has 1 heteroatoms. The summed E-state index contributed by atoms with van der Waals surface area (Å²) in [5, 5.41) is 1.36. The zero-order chi connectivity index (χ0) is 5.70. The first-order valence-corrected chi connectivity index (χ1v) is 6.01. The van der Waals surface area contributed by atoms with E-state index in [1.165, 1.54) is 5.28 Å². The van der Waals surface area contributed by atoms with Crippen molar-refractivity contribution >= 4 is 14.1 Å². The first-order chi connectivity index (χ1) is 3.27. The molecule has 0 unspecified atom stereocenters. The summed E-state index contributed by atoms with van der Waals surface area (Å²) < 4.78 is 0. The Labute approximate surface area is 50.6 Å². The third-order valence-corrected chi connectivity index (χ3v) is 2.06. The lowest BCUT2D eigenvalue weighted by atomic mass is 10.6. The van der Waals surface area contributed by atoms with Gasteiger partial charge in [0.15, 0.2) is 0 Å². The van der Waals surface area contributed by atoms with Crippen LogP contribution in [0.5, 0.6) is 0 Å². The lowest BCUT2D eigenvalue weighted by molar-refractivity contribution is 1.56. The molecule has 0 aliphatic rings. The van der Waals surface area contributed by atoms with Crippen molar-refractivity contribution in [1.82, 2.24) is 0 Å². The third-order valence-electron chi connectivity index (χ3n) is 0.843. The second kappa shape index (κ2) is 4.43. The minimum absolute atomic E-state index is 0.275. The summed E-state index contributed by atoms with van der Waals surface area (Å²) in [6, 6.07) is 0. The second-order valence-corrected chi connectivity index (χ2v) is 5.46. The highest BCUT2D eigenvalue weighted by atomic mass is 27.2. The van der Waals surface area contributed by atoms with Gasteiger partial charge in [0.25, 0.3) is 14.1 Å². The van der Waals surface area contributed by atoms with E-state index in [0.29, 0.717) is 0 Å². The third kappa shape index (κ3) is 6.27. The van der Waals surface area contributed by atoms with Crippen LogP contribution in [-0.2, 0) is 0 Å². The smallest absolute Gasteiger partial charge is 0.106 e. The van der Waals surface area contributed by atoms with Crippen molar-refractivity contribution in [2.75, 3.05) is 0 Å². The van der Waals surface area contributed by atoms with Crippen LogP contribution in [0.15, 0.2) is 12.2 Å². The van der Waals surface area contributed by atoms with Crippen LogP contribution in [0.25, 0.3) is 0 Å². The molecule has 0 aliphatic carbocycles. The molecular formula is C6H13Al. The van der Waals surface area contributed by atoms with Crippen LogP contribution in [0.4, 0.5) is 0 Å². The summed E-state index contributed by atoms with van der Waals surface area (Å²) in [5.74, 6) is 4.72. The molecule has 0 N–H and O–H groups in total. The van der Waals surface area contributed by atoms with Gasteiger partial charge in [-0.1, -0.05) is 11.4 Å². The van der Waals surface area contributed by atoms with Crippen LogP contribution in [0.3, 0.4) is 0 Å². The highest BCUT2D eigenvalue weighted by Crippen LogP contribution is 1.90. The molecule has 0 fully saturated rings. The summed E-state index contributed by atoms with van der Waals surface area (Å²) in [7, 11) is 0. The van der Waals surface area contributed by atoms with Crippen LogP contribution in [0, 0.1) is 0 Å². The van der Waals surface area contributed by atoms with Gasteiger partial charge in [0.1, 0.15) is 0 Å². The van der Waals surface area contributed by atoms with Gasteiger partial charge in [0.05, 0.1) is 0 Å². The van der Waals surface area contributed by atoms with Crippen LogP contribution in [0.1, 0.15) is 6.92 Å². The fraction of sp³-hybridized carbons (Fsp3) is 0.667. The molecular weight excluding hydrogens is 99.0 g/mol. The Balaban J connectivity index is 2.97. The highest BCUT2D eigenvalue weighted by Gasteiger charge is 1.94. The molecule has 0 bridgehead atoms. The normalized spacial score (nSPS) is 10.1. The first kappa shape index (κ1) is 7.27. The van der Waals surface area contributed by atoms with Gasteiger partial charge in [-0.2, -0.15) is 0 Å². The standard InChI is InChI=1S/C4H7.2CH3.Al/c1-3-4-2;;;/h3-4H,1H2,2H3;2*1H3;. The minimum atomic E-state index is -0.275. The molecule has 0 atom stereocenters. The van der Waals surface area contributed by atoms with Gasteiger partial charge >= 0.3 is 0 Å². The average Bonchev–Trinajstić information content (AvgIpc) is 1.61. The lowest BCUT2D eigenvalue weighted by Crippen LogP contribution is -1.94. The fourth-order valence-corrected chi connectivity index (χ4v) is 1.22. The Morgan fingerprint density at radius 1 is 1.43 bits per heavy atom. The maximum atomic E-state index is 2.36. The van der Waals surface area contributed by atoms with E-state index in [9.17, 15) is 0 Å². The quantitative estimate of drug-likeness (QED) is 0.380. The molecule has 7 heavy (non-hydrogen) atoms. The van der Waals surface area contributed by atoms with Gasteiger partial charge < -0.3 is 0 Å². The molecule has 0 saturated carbocycles. The molecule has 0 spiro atoms. The predicted octanol–water partition coefficient (Wildman–Crippen LogP) is 2.32. The van der Waals surface area contributed by atoms with E-state index < -0.39 is 0 Å². The first-order valence-electron chi connectivity index (χ1n) is 2.88. The molecule has 0 aromatic carbocycles. The van der Waals surface area contributed by atoms with E-state index in [1.54, 1.807) is 0 Å². The summed E-state index contributed by atoms with van der Waals surface area (Å²) in [6.07, 6.45) is 4.39. The molecule has 0 nitrogen and oxygen atoms in total. The molecule has 40 valence electrons. The Morgan fingerprint density at radius 2 is 2.00 bits per heavy atom.